The highest BCUT2D eigenvalue weighted by Crippen LogP contribution is 2.07. The summed E-state index contributed by atoms with van der Waals surface area (Å²) in [5.41, 5.74) is 1.15. The number of aliphatic hydroxyl groups excluding tert-OH is 1. The van der Waals surface area contributed by atoms with Crippen LogP contribution < -0.4 is 5.32 Å². The van der Waals surface area contributed by atoms with Gasteiger partial charge in [-0.1, -0.05) is 24.0 Å². The lowest BCUT2D eigenvalue weighted by atomic mass is 10.1. The van der Waals surface area contributed by atoms with Gasteiger partial charge in [-0.2, -0.15) is 0 Å². The second-order valence-electron chi connectivity index (χ2n) is 3.61. The molecule has 0 aliphatic heterocycles. The third-order valence-corrected chi connectivity index (χ3v) is 2.28. The highest BCUT2D eigenvalue weighted by atomic mass is 16.5. The molecule has 1 rings (SSSR count). The Labute approximate surface area is 107 Å². The summed E-state index contributed by atoms with van der Waals surface area (Å²) in [7, 11) is 1.63. The first-order chi connectivity index (χ1) is 8.79. The second kappa shape index (κ2) is 8.29. The highest BCUT2D eigenvalue weighted by molar-refractivity contribution is 5.96. The van der Waals surface area contributed by atoms with Crippen LogP contribution in [0.25, 0.3) is 0 Å². The highest BCUT2D eigenvalue weighted by Gasteiger charge is 2.08. The molecular formula is C14H17NO3. The van der Waals surface area contributed by atoms with E-state index in [0.29, 0.717) is 24.3 Å². The van der Waals surface area contributed by atoms with Crippen LogP contribution in [-0.2, 0) is 4.74 Å². The van der Waals surface area contributed by atoms with Crippen molar-refractivity contribution >= 4 is 5.91 Å². The van der Waals surface area contributed by atoms with E-state index in [2.05, 4.69) is 17.2 Å². The molecule has 0 saturated heterocycles. The van der Waals surface area contributed by atoms with E-state index in [1.807, 2.05) is 6.07 Å². The molecule has 0 heterocycles. The van der Waals surface area contributed by atoms with Gasteiger partial charge in [0.25, 0.3) is 5.91 Å². The first-order valence-electron chi connectivity index (χ1n) is 5.75. The van der Waals surface area contributed by atoms with Crippen molar-refractivity contribution < 1.29 is 14.6 Å². The van der Waals surface area contributed by atoms with Gasteiger partial charge in [-0.15, -0.1) is 0 Å². The van der Waals surface area contributed by atoms with Crippen LogP contribution >= 0.6 is 0 Å². The van der Waals surface area contributed by atoms with Gasteiger partial charge in [-0.25, -0.2) is 0 Å². The van der Waals surface area contributed by atoms with Gasteiger partial charge in [0.15, 0.2) is 0 Å². The number of hydrogen-bond acceptors (Lipinski definition) is 3. The van der Waals surface area contributed by atoms with Crippen LogP contribution in [0.4, 0.5) is 0 Å². The molecule has 1 aromatic rings. The quantitative estimate of drug-likeness (QED) is 0.597. The number of benzene rings is 1. The maximum atomic E-state index is 11.9. The van der Waals surface area contributed by atoms with E-state index >= 15 is 0 Å². The number of amides is 1. The van der Waals surface area contributed by atoms with Gasteiger partial charge < -0.3 is 15.2 Å². The number of methoxy groups -OCH3 is 1. The summed E-state index contributed by atoms with van der Waals surface area (Å²) in [5.74, 6) is 5.14. The van der Waals surface area contributed by atoms with Gasteiger partial charge in [-0.05, 0) is 18.6 Å². The largest absolute Gasteiger partial charge is 0.385 e. The summed E-state index contributed by atoms with van der Waals surface area (Å²) in [6.45, 7) is 0.963. The summed E-state index contributed by atoms with van der Waals surface area (Å²) in [5, 5.41) is 11.5. The normalized spacial score (nSPS) is 9.44. The minimum atomic E-state index is -0.218. The second-order valence-corrected chi connectivity index (χ2v) is 3.61. The molecular weight excluding hydrogens is 230 g/mol. The number of hydrogen-bond donors (Lipinski definition) is 2. The summed E-state index contributed by atoms with van der Waals surface area (Å²) in [6, 6.07) is 7.07. The Balaban J connectivity index is 2.67. The lowest BCUT2D eigenvalue weighted by Gasteiger charge is -2.06. The zero-order valence-corrected chi connectivity index (χ0v) is 10.4. The molecule has 1 amide bonds. The Bertz CT molecular complexity index is 446. The molecule has 0 aromatic heterocycles. The van der Waals surface area contributed by atoms with E-state index in [4.69, 9.17) is 9.84 Å². The van der Waals surface area contributed by atoms with Crippen molar-refractivity contribution in [1.29, 1.82) is 0 Å². The molecule has 0 atom stereocenters. The molecule has 0 radical (unpaired) electrons. The summed E-state index contributed by atoms with van der Waals surface area (Å²) in [6.07, 6.45) is 0.771. The van der Waals surface area contributed by atoms with E-state index in [1.54, 1.807) is 25.3 Å². The lowest BCUT2D eigenvalue weighted by molar-refractivity contribution is 0.0948. The molecule has 0 bridgehead atoms. The van der Waals surface area contributed by atoms with E-state index in [1.165, 1.54) is 0 Å². The fourth-order valence-corrected chi connectivity index (χ4v) is 1.44. The first-order valence-corrected chi connectivity index (χ1v) is 5.75. The molecule has 2 N–H and O–H groups in total. The number of carbonyl (C=O) groups is 1. The smallest absolute Gasteiger partial charge is 0.252 e. The molecule has 0 aliphatic carbocycles. The molecule has 96 valence electrons. The SMILES string of the molecule is COCCCNC(=O)c1ccccc1C#CCO. The van der Waals surface area contributed by atoms with Crippen molar-refractivity contribution in [1.82, 2.24) is 5.32 Å². The molecule has 4 nitrogen and oxygen atoms in total. The lowest BCUT2D eigenvalue weighted by Crippen LogP contribution is -2.25. The van der Waals surface area contributed by atoms with Crippen LogP contribution in [0, 0.1) is 11.8 Å². The zero-order chi connectivity index (χ0) is 13.2. The van der Waals surface area contributed by atoms with Gasteiger partial charge in [0.05, 0.1) is 5.56 Å². The van der Waals surface area contributed by atoms with Crippen LogP contribution in [0.3, 0.4) is 0 Å². The van der Waals surface area contributed by atoms with Gasteiger partial charge in [-0.3, -0.25) is 4.79 Å². The molecule has 0 unspecified atom stereocenters. The Morgan fingerprint density at radius 2 is 2.22 bits per heavy atom. The van der Waals surface area contributed by atoms with E-state index in [9.17, 15) is 4.79 Å². The van der Waals surface area contributed by atoms with Crippen molar-refractivity contribution in [2.75, 3.05) is 26.9 Å². The van der Waals surface area contributed by atoms with Gasteiger partial charge in [0.2, 0.25) is 0 Å². The molecule has 4 heteroatoms. The number of rotatable bonds is 5. The van der Waals surface area contributed by atoms with Crippen molar-refractivity contribution in [3.8, 4) is 11.8 Å². The van der Waals surface area contributed by atoms with E-state index < -0.39 is 0 Å². The van der Waals surface area contributed by atoms with E-state index in [0.717, 1.165) is 6.42 Å². The fourth-order valence-electron chi connectivity index (χ4n) is 1.44. The third-order valence-electron chi connectivity index (χ3n) is 2.28. The van der Waals surface area contributed by atoms with Gasteiger partial charge >= 0.3 is 0 Å². The van der Waals surface area contributed by atoms with Gasteiger partial charge in [0.1, 0.15) is 6.61 Å². The minimum absolute atomic E-state index is 0.158. The monoisotopic (exact) mass is 247 g/mol. The van der Waals surface area contributed by atoms with Gasteiger partial charge in [0, 0.05) is 25.8 Å². The summed E-state index contributed by atoms with van der Waals surface area (Å²) in [4.78, 5) is 11.9. The number of ether oxygens (including phenoxy) is 1. The average molecular weight is 247 g/mol. The Kier molecular flexibility index (Phi) is 6.55. The minimum Gasteiger partial charge on any atom is -0.385 e. The standard InChI is InChI=1S/C14H17NO3/c1-18-11-5-9-15-14(17)13-8-3-2-6-12(13)7-4-10-16/h2-3,6,8,16H,5,9-11H2,1H3,(H,15,17). The first kappa shape index (κ1) is 14.2. The van der Waals surface area contributed by atoms with Crippen LogP contribution in [0.5, 0.6) is 0 Å². The molecule has 18 heavy (non-hydrogen) atoms. The zero-order valence-electron chi connectivity index (χ0n) is 10.4. The average Bonchev–Trinajstić information content (AvgIpc) is 2.41. The summed E-state index contributed by atoms with van der Waals surface area (Å²) < 4.78 is 4.90. The number of aliphatic hydroxyl groups is 1. The van der Waals surface area contributed by atoms with Crippen molar-refractivity contribution in [2.45, 2.75) is 6.42 Å². The number of nitrogens with one attached hydrogen (secondary N) is 1. The van der Waals surface area contributed by atoms with Crippen LogP contribution in [0.2, 0.25) is 0 Å². The predicted molar refractivity (Wildman–Crippen MR) is 69.2 cm³/mol. The van der Waals surface area contributed by atoms with Crippen molar-refractivity contribution in [3.05, 3.63) is 35.4 Å². The van der Waals surface area contributed by atoms with Crippen LogP contribution in [-0.4, -0.2) is 37.9 Å². The topological polar surface area (TPSA) is 58.6 Å². The molecule has 0 aliphatic rings. The Hall–Kier alpha value is -1.83. The fraction of sp³-hybridized carbons (Fsp3) is 0.357. The number of carbonyl (C=O) groups excluding carboxylic acids is 1. The van der Waals surface area contributed by atoms with E-state index in [-0.39, 0.29) is 12.5 Å². The Morgan fingerprint density at radius 3 is 2.94 bits per heavy atom. The molecule has 0 fully saturated rings. The van der Waals surface area contributed by atoms with Crippen LogP contribution in [0.15, 0.2) is 24.3 Å². The maximum absolute atomic E-state index is 11.9. The molecule has 1 aromatic carbocycles. The maximum Gasteiger partial charge on any atom is 0.252 e. The van der Waals surface area contributed by atoms with Crippen molar-refractivity contribution in [3.63, 3.8) is 0 Å². The molecule has 0 saturated carbocycles. The predicted octanol–water partition coefficient (Wildman–Crippen LogP) is 0.797. The third kappa shape index (κ3) is 4.58. The Morgan fingerprint density at radius 1 is 1.44 bits per heavy atom. The summed E-state index contributed by atoms with van der Waals surface area (Å²) >= 11 is 0. The molecule has 0 spiro atoms. The van der Waals surface area contributed by atoms with Crippen molar-refractivity contribution in [2.24, 2.45) is 0 Å². The van der Waals surface area contributed by atoms with Crippen LogP contribution in [0.1, 0.15) is 22.3 Å².